The lowest BCUT2D eigenvalue weighted by molar-refractivity contribution is 0.434. The van der Waals surface area contributed by atoms with Crippen molar-refractivity contribution in [3.05, 3.63) is 34.9 Å². The number of nitrogens with zero attached hydrogens (tertiary/aromatic N) is 1. The number of hydrogen-bond acceptors (Lipinski definition) is 3. The van der Waals surface area contributed by atoms with E-state index in [9.17, 15) is 0 Å². The van der Waals surface area contributed by atoms with E-state index in [0.717, 1.165) is 23.3 Å². The van der Waals surface area contributed by atoms with Crippen molar-refractivity contribution in [2.75, 3.05) is 5.73 Å². The first-order valence-corrected chi connectivity index (χ1v) is 7.01. The summed E-state index contributed by atoms with van der Waals surface area (Å²) in [5, 5.41) is 3.94. The first kappa shape index (κ1) is 12.3. The van der Waals surface area contributed by atoms with Crippen LogP contribution >= 0.6 is 0 Å². The largest absolute Gasteiger partial charge is 0.381 e. The third-order valence-corrected chi connectivity index (χ3v) is 3.79. The van der Waals surface area contributed by atoms with Crippen LogP contribution in [0.4, 0.5) is 5.82 Å². The van der Waals surface area contributed by atoms with Gasteiger partial charge in [0.25, 0.3) is 0 Å². The van der Waals surface area contributed by atoms with E-state index < -0.39 is 0 Å². The number of anilines is 1. The van der Waals surface area contributed by atoms with Crippen molar-refractivity contribution in [1.29, 1.82) is 0 Å². The fraction of sp³-hybridized carbons (Fsp3) is 0.438. The number of rotatable bonds is 3. The molecule has 100 valence electrons. The molecule has 0 saturated carbocycles. The summed E-state index contributed by atoms with van der Waals surface area (Å²) in [6.45, 7) is 4.36. The summed E-state index contributed by atoms with van der Waals surface area (Å²) < 4.78 is 5.47. The van der Waals surface area contributed by atoms with Crippen LogP contribution < -0.4 is 5.73 Å². The highest BCUT2D eigenvalue weighted by Gasteiger charge is 2.19. The van der Waals surface area contributed by atoms with Gasteiger partial charge >= 0.3 is 0 Å². The van der Waals surface area contributed by atoms with Gasteiger partial charge in [0.05, 0.1) is 0 Å². The van der Waals surface area contributed by atoms with E-state index in [0.29, 0.717) is 11.7 Å². The highest BCUT2D eigenvalue weighted by molar-refractivity contribution is 5.67. The molecule has 1 aromatic carbocycles. The van der Waals surface area contributed by atoms with Gasteiger partial charge in [-0.15, -0.1) is 0 Å². The van der Waals surface area contributed by atoms with Crippen molar-refractivity contribution in [1.82, 2.24) is 5.16 Å². The molecule has 0 atom stereocenters. The molecule has 0 unspecified atom stereocenters. The maximum Gasteiger partial charge on any atom is 0.172 e. The Morgan fingerprint density at radius 1 is 1.26 bits per heavy atom. The van der Waals surface area contributed by atoms with Gasteiger partial charge in [-0.1, -0.05) is 31.1 Å². The predicted octanol–water partition coefficient (Wildman–Crippen LogP) is 3.61. The average Bonchev–Trinajstić information content (AvgIpc) is 2.96. The molecular formula is C16H20N2O. The van der Waals surface area contributed by atoms with Crippen LogP contribution in [0.3, 0.4) is 0 Å². The fourth-order valence-corrected chi connectivity index (χ4v) is 2.87. The smallest absolute Gasteiger partial charge is 0.172 e. The van der Waals surface area contributed by atoms with Crippen molar-refractivity contribution in [3.8, 4) is 11.3 Å². The van der Waals surface area contributed by atoms with E-state index in [-0.39, 0.29) is 0 Å². The van der Waals surface area contributed by atoms with Crippen LogP contribution in [0.1, 0.15) is 37.0 Å². The zero-order valence-corrected chi connectivity index (χ0v) is 11.6. The molecule has 2 aromatic rings. The molecule has 0 amide bonds. The van der Waals surface area contributed by atoms with Crippen molar-refractivity contribution >= 4 is 5.82 Å². The Morgan fingerprint density at radius 2 is 2.05 bits per heavy atom. The van der Waals surface area contributed by atoms with Crippen LogP contribution in [0.2, 0.25) is 0 Å². The number of hydrogen-bond donors (Lipinski definition) is 1. The highest BCUT2D eigenvalue weighted by atomic mass is 16.5. The zero-order chi connectivity index (χ0) is 13.4. The SMILES string of the molecule is CC(C)Cc1c(N)noc1-c1ccc2c(c1)CCC2. The maximum absolute atomic E-state index is 5.93. The van der Waals surface area contributed by atoms with Crippen LogP contribution in [0.15, 0.2) is 22.7 Å². The van der Waals surface area contributed by atoms with Crippen LogP contribution in [-0.4, -0.2) is 5.16 Å². The van der Waals surface area contributed by atoms with Gasteiger partial charge < -0.3 is 10.3 Å². The summed E-state index contributed by atoms with van der Waals surface area (Å²) in [7, 11) is 0. The molecule has 0 radical (unpaired) electrons. The van der Waals surface area contributed by atoms with Gasteiger partial charge in [0.15, 0.2) is 11.6 Å². The Bertz CT molecular complexity index is 599. The van der Waals surface area contributed by atoms with Crippen LogP contribution in [0.5, 0.6) is 0 Å². The molecule has 1 aromatic heterocycles. The first-order valence-electron chi connectivity index (χ1n) is 7.01. The Morgan fingerprint density at radius 3 is 2.84 bits per heavy atom. The highest BCUT2D eigenvalue weighted by Crippen LogP contribution is 2.33. The molecule has 19 heavy (non-hydrogen) atoms. The third-order valence-electron chi connectivity index (χ3n) is 3.79. The molecular weight excluding hydrogens is 236 g/mol. The molecule has 3 heteroatoms. The molecule has 3 nitrogen and oxygen atoms in total. The lowest BCUT2D eigenvalue weighted by Gasteiger charge is -2.07. The number of aryl methyl sites for hydroxylation is 2. The molecule has 0 fully saturated rings. The molecule has 1 aliphatic rings. The second-order valence-electron chi connectivity index (χ2n) is 5.81. The minimum Gasteiger partial charge on any atom is -0.381 e. The molecule has 1 heterocycles. The van der Waals surface area contributed by atoms with Gasteiger partial charge in [-0.2, -0.15) is 0 Å². The van der Waals surface area contributed by atoms with E-state index in [1.54, 1.807) is 0 Å². The summed E-state index contributed by atoms with van der Waals surface area (Å²) >= 11 is 0. The van der Waals surface area contributed by atoms with Gasteiger partial charge in [-0.25, -0.2) is 0 Å². The summed E-state index contributed by atoms with van der Waals surface area (Å²) in [5.74, 6) is 1.92. The quantitative estimate of drug-likeness (QED) is 0.912. The van der Waals surface area contributed by atoms with Crippen LogP contribution in [0, 0.1) is 5.92 Å². The minimum atomic E-state index is 0.532. The van der Waals surface area contributed by atoms with E-state index in [4.69, 9.17) is 10.3 Å². The lowest BCUT2D eigenvalue weighted by Crippen LogP contribution is -1.99. The number of fused-ring (bicyclic) bond motifs is 1. The number of nitrogens with two attached hydrogens (primary N) is 1. The Kier molecular flexibility index (Phi) is 3.05. The first-order chi connectivity index (χ1) is 9.15. The summed E-state index contributed by atoms with van der Waals surface area (Å²) in [4.78, 5) is 0. The topological polar surface area (TPSA) is 52.0 Å². The molecule has 2 N–H and O–H groups in total. The number of aromatic nitrogens is 1. The van der Waals surface area contributed by atoms with Crippen LogP contribution in [0.25, 0.3) is 11.3 Å². The van der Waals surface area contributed by atoms with E-state index >= 15 is 0 Å². The standard InChI is InChI=1S/C16H20N2O/c1-10(2)8-14-15(19-18-16(14)17)13-7-6-11-4-3-5-12(11)9-13/h6-7,9-10H,3-5,8H2,1-2H3,(H2,17,18). The number of benzene rings is 1. The predicted molar refractivity (Wildman–Crippen MR) is 76.9 cm³/mol. The minimum absolute atomic E-state index is 0.532. The Balaban J connectivity index is 2.02. The molecule has 0 aliphatic heterocycles. The van der Waals surface area contributed by atoms with Crippen LogP contribution in [-0.2, 0) is 19.3 Å². The lowest BCUT2D eigenvalue weighted by atomic mass is 9.98. The Hall–Kier alpha value is -1.77. The van der Waals surface area contributed by atoms with Gasteiger partial charge in [-0.3, -0.25) is 0 Å². The van der Waals surface area contributed by atoms with Gasteiger partial charge in [-0.05, 0) is 48.8 Å². The average molecular weight is 256 g/mol. The molecule has 3 rings (SSSR count). The van der Waals surface area contributed by atoms with Gasteiger partial charge in [0, 0.05) is 11.1 Å². The fourth-order valence-electron chi connectivity index (χ4n) is 2.87. The van der Waals surface area contributed by atoms with Gasteiger partial charge in [0.2, 0.25) is 0 Å². The van der Waals surface area contributed by atoms with Crippen molar-refractivity contribution in [2.45, 2.75) is 39.5 Å². The van der Waals surface area contributed by atoms with E-state index in [2.05, 4.69) is 37.2 Å². The van der Waals surface area contributed by atoms with E-state index in [1.165, 1.54) is 30.4 Å². The third kappa shape index (κ3) is 2.25. The van der Waals surface area contributed by atoms with Crippen molar-refractivity contribution in [2.24, 2.45) is 5.92 Å². The maximum atomic E-state index is 5.93. The summed E-state index contributed by atoms with van der Waals surface area (Å²) in [6, 6.07) is 6.59. The second-order valence-corrected chi connectivity index (χ2v) is 5.81. The second kappa shape index (κ2) is 4.72. The normalized spacial score (nSPS) is 14.1. The molecule has 0 spiro atoms. The molecule has 0 saturated heterocycles. The van der Waals surface area contributed by atoms with E-state index in [1.807, 2.05) is 0 Å². The summed E-state index contributed by atoms with van der Waals surface area (Å²) in [5.41, 5.74) is 11.0. The van der Waals surface area contributed by atoms with Gasteiger partial charge in [0.1, 0.15) is 0 Å². The van der Waals surface area contributed by atoms with Crippen molar-refractivity contribution in [3.63, 3.8) is 0 Å². The molecule has 0 bridgehead atoms. The zero-order valence-electron chi connectivity index (χ0n) is 11.6. The monoisotopic (exact) mass is 256 g/mol. The Labute approximate surface area is 113 Å². The van der Waals surface area contributed by atoms with Crippen molar-refractivity contribution < 1.29 is 4.52 Å². The number of nitrogen functional groups attached to an aromatic ring is 1. The molecule has 1 aliphatic carbocycles. The summed E-state index contributed by atoms with van der Waals surface area (Å²) in [6.07, 6.45) is 4.54.